The minimum atomic E-state index is 0.540. The maximum absolute atomic E-state index is 5.50. The van der Waals surface area contributed by atoms with Gasteiger partial charge in [0.1, 0.15) is 0 Å². The van der Waals surface area contributed by atoms with Crippen molar-refractivity contribution in [1.29, 1.82) is 0 Å². The van der Waals surface area contributed by atoms with E-state index >= 15 is 0 Å². The summed E-state index contributed by atoms with van der Waals surface area (Å²) in [5.74, 6) is 0.669. The van der Waals surface area contributed by atoms with Crippen LogP contribution in [0.2, 0.25) is 0 Å². The molecule has 2 heteroatoms. The molecule has 2 nitrogen and oxygen atoms in total. The SMILES string of the molecule is CCOCC(NC1CCCC1)C(C)C. The normalized spacial score (nSPS) is 20.6. The fraction of sp³-hybridized carbons (Fsp3) is 1.00. The molecular weight excluding hydrogens is 174 g/mol. The molecule has 0 bridgehead atoms. The number of rotatable bonds is 6. The van der Waals surface area contributed by atoms with E-state index in [1.807, 2.05) is 0 Å². The van der Waals surface area contributed by atoms with Crippen LogP contribution in [0.1, 0.15) is 46.5 Å². The molecule has 14 heavy (non-hydrogen) atoms. The highest BCUT2D eigenvalue weighted by molar-refractivity contribution is 4.80. The first-order valence-corrected chi connectivity index (χ1v) is 6.07. The van der Waals surface area contributed by atoms with Gasteiger partial charge >= 0.3 is 0 Å². The smallest absolute Gasteiger partial charge is 0.0622 e. The molecule has 0 aromatic rings. The molecule has 1 atom stereocenters. The van der Waals surface area contributed by atoms with Crippen LogP contribution in [0.5, 0.6) is 0 Å². The third-order valence-electron chi connectivity index (χ3n) is 3.11. The second-order valence-electron chi connectivity index (χ2n) is 4.66. The molecule has 1 rings (SSSR count). The van der Waals surface area contributed by atoms with E-state index in [9.17, 15) is 0 Å². The van der Waals surface area contributed by atoms with E-state index in [1.54, 1.807) is 0 Å². The summed E-state index contributed by atoms with van der Waals surface area (Å²) in [6, 6.07) is 1.29. The van der Waals surface area contributed by atoms with Gasteiger partial charge in [-0.2, -0.15) is 0 Å². The summed E-state index contributed by atoms with van der Waals surface area (Å²) in [7, 11) is 0. The average Bonchev–Trinajstić information content (AvgIpc) is 2.64. The fourth-order valence-electron chi connectivity index (χ4n) is 2.07. The summed E-state index contributed by atoms with van der Waals surface area (Å²) in [6.45, 7) is 8.30. The van der Waals surface area contributed by atoms with Crippen LogP contribution in [0.25, 0.3) is 0 Å². The van der Waals surface area contributed by atoms with Gasteiger partial charge in [0, 0.05) is 18.7 Å². The van der Waals surface area contributed by atoms with Gasteiger partial charge in [-0.25, -0.2) is 0 Å². The van der Waals surface area contributed by atoms with Gasteiger partial charge in [-0.3, -0.25) is 0 Å². The van der Waals surface area contributed by atoms with E-state index in [4.69, 9.17) is 4.74 Å². The van der Waals surface area contributed by atoms with Crippen molar-refractivity contribution in [2.75, 3.05) is 13.2 Å². The van der Waals surface area contributed by atoms with E-state index in [0.717, 1.165) is 19.3 Å². The van der Waals surface area contributed by atoms with Crippen LogP contribution >= 0.6 is 0 Å². The fourth-order valence-corrected chi connectivity index (χ4v) is 2.07. The number of hydrogen-bond acceptors (Lipinski definition) is 2. The van der Waals surface area contributed by atoms with Gasteiger partial charge in [0.25, 0.3) is 0 Å². The Hall–Kier alpha value is -0.0800. The molecule has 0 amide bonds. The molecule has 0 radical (unpaired) electrons. The topological polar surface area (TPSA) is 21.3 Å². The maximum Gasteiger partial charge on any atom is 0.0622 e. The molecule has 0 spiro atoms. The van der Waals surface area contributed by atoms with Crippen molar-refractivity contribution in [3.05, 3.63) is 0 Å². The second-order valence-corrected chi connectivity index (χ2v) is 4.66. The molecular formula is C12H25NO. The van der Waals surface area contributed by atoms with Crippen LogP contribution in [0.15, 0.2) is 0 Å². The minimum Gasteiger partial charge on any atom is -0.380 e. The van der Waals surface area contributed by atoms with Gasteiger partial charge in [-0.05, 0) is 25.7 Å². The van der Waals surface area contributed by atoms with E-state index in [-0.39, 0.29) is 0 Å². The van der Waals surface area contributed by atoms with Crippen LogP contribution in [0.3, 0.4) is 0 Å². The Morgan fingerprint density at radius 3 is 2.43 bits per heavy atom. The first-order valence-electron chi connectivity index (χ1n) is 6.07. The third-order valence-corrected chi connectivity index (χ3v) is 3.11. The maximum atomic E-state index is 5.50. The Balaban J connectivity index is 2.26. The monoisotopic (exact) mass is 199 g/mol. The molecule has 1 unspecified atom stereocenters. The van der Waals surface area contributed by atoms with Crippen molar-refractivity contribution >= 4 is 0 Å². The molecule has 0 aromatic heterocycles. The standard InChI is InChI=1S/C12H25NO/c1-4-14-9-12(10(2)3)13-11-7-5-6-8-11/h10-13H,4-9H2,1-3H3. The van der Waals surface area contributed by atoms with Crippen molar-refractivity contribution in [1.82, 2.24) is 5.32 Å². The predicted molar refractivity (Wildman–Crippen MR) is 60.5 cm³/mol. The Morgan fingerprint density at radius 1 is 1.29 bits per heavy atom. The lowest BCUT2D eigenvalue weighted by atomic mass is 10.0. The summed E-state index contributed by atoms with van der Waals surface area (Å²) in [5.41, 5.74) is 0. The molecule has 1 aliphatic rings. The van der Waals surface area contributed by atoms with Crippen LogP contribution in [-0.2, 0) is 4.74 Å². The summed E-state index contributed by atoms with van der Waals surface area (Å²) < 4.78 is 5.50. The Morgan fingerprint density at radius 2 is 1.93 bits per heavy atom. The lowest BCUT2D eigenvalue weighted by molar-refractivity contribution is 0.103. The highest BCUT2D eigenvalue weighted by Gasteiger charge is 2.20. The molecule has 0 aliphatic heterocycles. The lowest BCUT2D eigenvalue weighted by Gasteiger charge is -2.25. The zero-order valence-electron chi connectivity index (χ0n) is 9.88. The molecule has 0 saturated heterocycles. The zero-order valence-corrected chi connectivity index (χ0v) is 9.88. The van der Waals surface area contributed by atoms with E-state index in [0.29, 0.717) is 12.0 Å². The third kappa shape index (κ3) is 3.97. The Kier molecular flexibility index (Phi) is 5.49. The van der Waals surface area contributed by atoms with Gasteiger partial charge in [-0.1, -0.05) is 26.7 Å². The number of nitrogens with one attached hydrogen (secondary N) is 1. The largest absolute Gasteiger partial charge is 0.380 e. The van der Waals surface area contributed by atoms with E-state index < -0.39 is 0 Å². The molecule has 1 saturated carbocycles. The average molecular weight is 199 g/mol. The molecule has 1 fully saturated rings. The molecule has 0 aromatic carbocycles. The summed E-state index contributed by atoms with van der Waals surface area (Å²) in [6.07, 6.45) is 5.51. The second kappa shape index (κ2) is 6.41. The van der Waals surface area contributed by atoms with E-state index in [2.05, 4.69) is 26.1 Å². The van der Waals surface area contributed by atoms with Crippen LogP contribution in [-0.4, -0.2) is 25.3 Å². The first kappa shape index (κ1) is 12.0. The van der Waals surface area contributed by atoms with Crippen molar-refractivity contribution in [2.24, 2.45) is 5.92 Å². The zero-order chi connectivity index (χ0) is 10.4. The van der Waals surface area contributed by atoms with Crippen molar-refractivity contribution in [2.45, 2.75) is 58.5 Å². The quantitative estimate of drug-likeness (QED) is 0.710. The molecule has 0 heterocycles. The number of hydrogen-bond donors (Lipinski definition) is 1. The van der Waals surface area contributed by atoms with Gasteiger partial charge in [-0.15, -0.1) is 0 Å². The van der Waals surface area contributed by atoms with E-state index in [1.165, 1.54) is 25.7 Å². The molecule has 1 N–H and O–H groups in total. The Labute approximate surface area is 88.4 Å². The predicted octanol–water partition coefficient (Wildman–Crippen LogP) is 2.58. The minimum absolute atomic E-state index is 0.540. The van der Waals surface area contributed by atoms with Gasteiger partial charge in [0.05, 0.1) is 6.61 Å². The highest BCUT2D eigenvalue weighted by atomic mass is 16.5. The number of ether oxygens (including phenoxy) is 1. The van der Waals surface area contributed by atoms with Crippen molar-refractivity contribution in [3.63, 3.8) is 0 Å². The molecule has 84 valence electrons. The van der Waals surface area contributed by atoms with Gasteiger partial charge in [0.2, 0.25) is 0 Å². The first-order chi connectivity index (χ1) is 6.74. The van der Waals surface area contributed by atoms with Crippen molar-refractivity contribution < 1.29 is 4.74 Å². The summed E-state index contributed by atoms with van der Waals surface area (Å²) in [4.78, 5) is 0. The van der Waals surface area contributed by atoms with Gasteiger partial charge in [0.15, 0.2) is 0 Å². The molecule has 1 aliphatic carbocycles. The van der Waals surface area contributed by atoms with Crippen molar-refractivity contribution in [3.8, 4) is 0 Å². The van der Waals surface area contributed by atoms with Crippen LogP contribution in [0, 0.1) is 5.92 Å². The van der Waals surface area contributed by atoms with Crippen LogP contribution < -0.4 is 5.32 Å². The lowest BCUT2D eigenvalue weighted by Crippen LogP contribution is -2.43. The van der Waals surface area contributed by atoms with Crippen LogP contribution in [0.4, 0.5) is 0 Å². The summed E-state index contributed by atoms with van der Waals surface area (Å²) >= 11 is 0. The van der Waals surface area contributed by atoms with Gasteiger partial charge < -0.3 is 10.1 Å². The Bertz CT molecular complexity index is 141. The summed E-state index contributed by atoms with van der Waals surface area (Å²) in [5, 5.41) is 3.73. The highest BCUT2D eigenvalue weighted by Crippen LogP contribution is 2.19.